The SMILES string of the molecule is CC(O)CN1CCN(C(=O)c2c[nH]cc2-c2ccc(Cl)s2)CC1C. The minimum atomic E-state index is -0.352. The van der Waals surface area contributed by atoms with Crippen LogP contribution in [0.25, 0.3) is 10.4 Å². The molecule has 2 aromatic rings. The highest BCUT2D eigenvalue weighted by molar-refractivity contribution is 7.19. The van der Waals surface area contributed by atoms with Crippen molar-refractivity contribution in [1.29, 1.82) is 0 Å². The van der Waals surface area contributed by atoms with Crippen LogP contribution in [0.15, 0.2) is 24.5 Å². The Morgan fingerprint density at radius 1 is 1.46 bits per heavy atom. The number of thiophene rings is 1. The largest absolute Gasteiger partial charge is 0.392 e. The number of H-pyrrole nitrogens is 1. The predicted molar refractivity (Wildman–Crippen MR) is 97.7 cm³/mol. The van der Waals surface area contributed by atoms with E-state index in [0.29, 0.717) is 29.5 Å². The molecule has 5 nitrogen and oxygen atoms in total. The van der Waals surface area contributed by atoms with Crippen LogP contribution in [0.4, 0.5) is 0 Å². The predicted octanol–water partition coefficient (Wildman–Crippen LogP) is 2.92. The van der Waals surface area contributed by atoms with E-state index < -0.39 is 0 Å². The number of nitrogens with one attached hydrogen (secondary N) is 1. The average molecular weight is 368 g/mol. The summed E-state index contributed by atoms with van der Waals surface area (Å²) < 4.78 is 0.713. The second-order valence-corrected chi connectivity index (χ2v) is 8.05. The van der Waals surface area contributed by atoms with Gasteiger partial charge in [0.1, 0.15) is 0 Å². The van der Waals surface area contributed by atoms with Crippen molar-refractivity contribution in [1.82, 2.24) is 14.8 Å². The summed E-state index contributed by atoms with van der Waals surface area (Å²) in [5, 5.41) is 9.58. The van der Waals surface area contributed by atoms with Crippen LogP contribution in [0.1, 0.15) is 24.2 Å². The van der Waals surface area contributed by atoms with Crippen molar-refractivity contribution < 1.29 is 9.90 Å². The van der Waals surface area contributed by atoms with Gasteiger partial charge in [0, 0.05) is 55.1 Å². The molecule has 1 saturated heterocycles. The standard InChI is InChI=1S/C17H22ClN3O2S/c1-11-9-21(6-5-20(11)10-12(2)22)17(23)14-8-19-7-13(14)15-3-4-16(18)24-15/h3-4,7-8,11-12,19,22H,5-6,9-10H2,1-2H3. The van der Waals surface area contributed by atoms with Gasteiger partial charge in [0.2, 0.25) is 0 Å². The van der Waals surface area contributed by atoms with Crippen molar-refractivity contribution in [2.45, 2.75) is 26.0 Å². The topological polar surface area (TPSA) is 59.6 Å². The molecule has 0 aromatic carbocycles. The molecule has 0 spiro atoms. The summed E-state index contributed by atoms with van der Waals surface area (Å²) in [7, 11) is 0. The highest BCUT2D eigenvalue weighted by Gasteiger charge is 2.29. The summed E-state index contributed by atoms with van der Waals surface area (Å²) in [4.78, 5) is 21.1. The Hall–Kier alpha value is -1.34. The number of hydrogen-bond acceptors (Lipinski definition) is 4. The molecule has 2 N–H and O–H groups in total. The number of rotatable bonds is 4. The first-order chi connectivity index (χ1) is 11.5. The van der Waals surface area contributed by atoms with Gasteiger partial charge >= 0.3 is 0 Å². The third-order valence-corrected chi connectivity index (χ3v) is 5.63. The molecule has 2 aromatic heterocycles. The Morgan fingerprint density at radius 2 is 2.25 bits per heavy atom. The van der Waals surface area contributed by atoms with E-state index in [1.165, 1.54) is 11.3 Å². The molecule has 1 fully saturated rings. The maximum absolute atomic E-state index is 12.9. The van der Waals surface area contributed by atoms with Gasteiger partial charge in [-0.1, -0.05) is 11.6 Å². The molecule has 1 aliphatic heterocycles. The number of β-amino-alcohol motifs (C(OH)–C–C–N with tert-alkyl or cyclic N) is 1. The Kier molecular flexibility index (Phi) is 5.30. The van der Waals surface area contributed by atoms with Crippen LogP contribution in [0.3, 0.4) is 0 Å². The molecular formula is C17H22ClN3O2S. The first kappa shape index (κ1) is 17.5. The van der Waals surface area contributed by atoms with Gasteiger partial charge in [-0.25, -0.2) is 0 Å². The third-order valence-electron chi connectivity index (χ3n) is 4.37. The number of carbonyl (C=O) groups is 1. The zero-order valence-electron chi connectivity index (χ0n) is 13.8. The minimum Gasteiger partial charge on any atom is -0.392 e. The zero-order valence-corrected chi connectivity index (χ0v) is 15.4. The van der Waals surface area contributed by atoms with E-state index in [-0.39, 0.29) is 18.1 Å². The summed E-state index contributed by atoms with van der Waals surface area (Å²) in [5.41, 5.74) is 1.58. The monoisotopic (exact) mass is 367 g/mol. The quantitative estimate of drug-likeness (QED) is 0.873. The van der Waals surface area contributed by atoms with Crippen molar-refractivity contribution in [3.63, 3.8) is 0 Å². The van der Waals surface area contributed by atoms with Crippen molar-refractivity contribution in [2.24, 2.45) is 0 Å². The number of aliphatic hydroxyl groups excluding tert-OH is 1. The fourth-order valence-corrected chi connectivity index (χ4v) is 4.24. The number of amides is 1. The smallest absolute Gasteiger partial charge is 0.256 e. The van der Waals surface area contributed by atoms with Gasteiger partial charge in [0.05, 0.1) is 16.0 Å². The van der Waals surface area contributed by atoms with E-state index in [1.807, 2.05) is 23.2 Å². The maximum atomic E-state index is 12.9. The second kappa shape index (κ2) is 7.27. The van der Waals surface area contributed by atoms with Crippen LogP contribution in [-0.4, -0.2) is 64.1 Å². The van der Waals surface area contributed by atoms with Crippen LogP contribution in [-0.2, 0) is 0 Å². The van der Waals surface area contributed by atoms with Gasteiger partial charge in [-0.3, -0.25) is 9.69 Å². The van der Waals surface area contributed by atoms with Gasteiger partial charge in [0.25, 0.3) is 5.91 Å². The van der Waals surface area contributed by atoms with Crippen LogP contribution in [0, 0.1) is 0 Å². The number of nitrogens with zero attached hydrogens (tertiary/aromatic N) is 2. The van der Waals surface area contributed by atoms with Crippen LogP contribution in [0.5, 0.6) is 0 Å². The van der Waals surface area contributed by atoms with E-state index in [4.69, 9.17) is 11.6 Å². The third kappa shape index (κ3) is 3.67. The summed E-state index contributed by atoms with van der Waals surface area (Å²) >= 11 is 7.49. The lowest BCUT2D eigenvalue weighted by atomic mass is 10.1. The molecule has 1 amide bonds. The molecule has 0 aliphatic carbocycles. The van der Waals surface area contributed by atoms with Gasteiger partial charge in [-0.15, -0.1) is 11.3 Å². The first-order valence-electron chi connectivity index (χ1n) is 8.09. The van der Waals surface area contributed by atoms with Gasteiger partial charge in [0.15, 0.2) is 0 Å². The van der Waals surface area contributed by atoms with Gasteiger partial charge < -0.3 is 15.0 Å². The number of aromatic amines is 1. The van der Waals surface area contributed by atoms with Gasteiger partial charge in [-0.05, 0) is 26.0 Å². The van der Waals surface area contributed by atoms with Crippen molar-refractivity contribution in [2.75, 3.05) is 26.2 Å². The van der Waals surface area contributed by atoms with E-state index >= 15 is 0 Å². The number of aromatic nitrogens is 1. The number of hydrogen-bond donors (Lipinski definition) is 2. The Morgan fingerprint density at radius 3 is 2.88 bits per heavy atom. The Balaban J connectivity index is 1.73. The lowest BCUT2D eigenvalue weighted by Gasteiger charge is -2.40. The zero-order chi connectivity index (χ0) is 17.3. The molecule has 130 valence electrons. The number of carbonyl (C=O) groups excluding carboxylic acids is 1. The average Bonchev–Trinajstić information content (AvgIpc) is 3.16. The fraction of sp³-hybridized carbons (Fsp3) is 0.471. The van der Waals surface area contributed by atoms with Crippen molar-refractivity contribution in [3.8, 4) is 10.4 Å². The van der Waals surface area contributed by atoms with E-state index in [2.05, 4.69) is 16.8 Å². The molecule has 2 atom stereocenters. The van der Waals surface area contributed by atoms with Crippen molar-refractivity contribution in [3.05, 3.63) is 34.4 Å². The van der Waals surface area contributed by atoms with E-state index in [1.54, 1.807) is 13.1 Å². The molecule has 3 heterocycles. The van der Waals surface area contributed by atoms with Crippen LogP contribution >= 0.6 is 22.9 Å². The Labute approximate surface area is 150 Å². The summed E-state index contributed by atoms with van der Waals surface area (Å²) in [6.45, 7) is 6.66. The molecule has 3 rings (SSSR count). The number of piperazine rings is 1. The highest BCUT2D eigenvalue weighted by atomic mass is 35.5. The summed E-state index contributed by atoms with van der Waals surface area (Å²) in [5.74, 6) is 0.0410. The first-order valence-corrected chi connectivity index (χ1v) is 9.29. The number of aliphatic hydroxyl groups is 1. The van der Waals surface area contributed by atoms with Crippen LogP contribution in [0.2, 0.25) is 4.34 Å². The fourth-order valence-electron chi connectivity index (χ4n) is 3.16. The molecule has 0 bridgehead atoms. The molecular weight excluding hydrogens is 346 g/mol. The number of halogens is 1. The maximum Gasteiger partial charge on any atom is 0.256 e. The molecule has 1 aliphatic rings. The van der Waals surface area contributed by atoms with Crippen LogP contribution < -0.4 is 0 Å². The Bertz CT molecular complexity index is 712. The van der Waals surface area contributed by atoms with E-state index in [0.717, 1.165) is 17.0 Å². The lowest BCUT2D eigenvalue weighted by Crippen LogP contribution is -2.54. The summed E-state index contributed by atoms with van der Waals surface area (Å²) in [6, 6.07) is 4.02. The normalized spacial score (nSPS) is 20.3. The molecule has 2 unspecified atom stereocenters. The molecule has 7 heteroatoms. The minimum absolute atomic E-state index is 0.0410. The highest BCUT2D eigenvalue weighted by Crippen LogP contribution is 2.33. The second-order valence-electron chi connectivity index (χ2n) is 6.33. The molecule has 0 radical (unpaired) electrons. The lowest BCUT2D eigenvalue weighted by molar-refractivity contribution is 0.0365. The van der Waals surface area contributed by atoms with Crippen molar-refractivity contribution >= 4 is 28.8 Å². The molecule has 24 heavy (non-hydrogen) atoms. The van der Waals surface area contributed by atoms with E-state index in [9.17, 15) is 9.90 Å². The van der Waals surface area contributed by atoms with Gasteiger partial charge in [-0.2, -0.15) is 0 Å². The molecule has 0 saturated carbocycles. The summed E-state index contributed by atoms with van der Waals surface area (Å²) in [6.07, 6.45) is 3.26.